The molecule has 0 aromatic heterocycles. The van der Waals surface area contributed by atoms with Crippen LogP contribution in [0.3, 0.4) is 0 Å². The fourth-order valence-corrected chi connectivity index (χ4v) is 1.39. The third-order valence-electron chi connectivity index (χ3n) is 1.52. The van der Waals surface area contributed by atoms with E-state index in [9.17, 15) is 5.11 Å². The van der Waals surface area contributed by atoms with Gasteiger partial charge in [-0.3, -0.25) is 0 Å². The first kappa shape index (κ1) is 8.69. The molecule has 1 aromatic carbocycles. The predicted molar refractivity (Wildman–Crippen MR) is 47.5 cm³/mol. The third kappa shape index (κ3) is 1.60. The summed E-state index contributed by atoms with van der Waals surface area (Å²) in [5.41, 5.74) is 0.708. The molecule has 0 saturated heterocycles. The van der Waals surface area contributed by atoms with Gasteiger partial charge >= 0.3 is 0 Å². The standard InChI is InChI=1S/C8H8Cl2O/c1-2-5-7(11)4-3-6(9)8(5)10/h3-4,11H,2H2,1H3. The molecule has 0 unspecified atom stereocenters. The lowest BCUT2D eigenvalue weighted by molar-refractivity contribution is 0.469. The summed E-state index contributed by atoms with van der Waals surface area (Å²) in [6.45, 7) is 1.91. The Bertz CT molecular complexity index is 271. The average Bonchev–Trinajstić information content (AvgIpc) is 1.99. The van der Waals surface area contributed by atoms with Crippen molar-refractivity contribution in [3.8, 4) is 5.75 Å². The summed E-state index contributed by atoms with van der Waals surface area (Å²) < 4.78 is 0. The van der Waals surface area contributed by atoms with Crippen molar-refractivity contribution in [1.82, 2.24) is 0 Å². The molecule has 0 spiro atoms. The molecule has 0 amide bonds. The van der Waals surface area contributed by atoms with E-state index >= 15 is 0 Å². The Morgan fingerprint density at radius 1 is 1.36 bits per heavy atom. The van der Waals surface area contributed by atoms with Crippen LogP contribution < -0.4 is 0 Å². The Labute approximate surface area is 75.6 Å². The first-order valence-corrected chi connectivity index (χ1v) is 4.08. The van der Waals surface area contributed by atoms with Gasteiger partial charge in [0.05, 0.1) is 10.0 Å². The smallest absolute Gasteiger partial charge is 0.120 e. The molecule has 60 valence electrons. The van der Waals surface area contributed by atoms with Crippen LogP contribution in [0.5, 0.6) is 5.75 Å². The van der Waals surface area contributed by atoms with Crippen molar-refractivity contribution in [1.29, 1.82) is 0 Å². The monoisotopic (exact) mass is 190 g/mol. The van der Waals surface area contributed by atoms with Crippen LogP contribution in [0.4, 0.5) is 0 Å². The maximum Gasteiger partial charge on any atom is 0.120 e. The number of benzene rings is 1. The number of rotatable bonds is 1. The first-order valence-electron chi connectivity index (χ1n) is 3.32. The highest BCUT2D eigenvalue weighted by Crippen LogP contribution is 2.32. The number of hydrogen-bond acceptors (Lipinski definition) is 1. The van der Waals surface area contributed by atoms with Gasteiger partial charge in [-0.25, -0.2) is 0 Å². The van der Waals surface area contributed by atoms with E-state index in [-0.39, 0.29) is 5.75 Å². The van der Waals surface area contributed by atoms with Crippen LogP contribution in [0.25, 0.3) is 0 Å². The molecule has 1 nitrogen and oxygen atoms in total. The topological polar surface area (TPSA) is 20.2 Å². The Balaban J connectivity index is 3.29. The van der Waals surface area contributed by atoms with E-state index in [0.29, 0.717) is 22.0 Å². The lowest BCUT2D eigenvalue weighted by atomic mass is 10.1. The van der Waals surface area contributed by atoms with Crippen molar-refractivity contribution < 1.29 is 5.11 Å². The molecular formula is C8H8Cl2O. The molecule has 0 radical (unpaired) electrons. The zero-order valence-corrected chi connectivity index (χ0v) is 7.58. The van der Waals surface area contributed by atoms with E-state index in [0.717, 1.165) is 0 Å². The van der Waals surface area contributed by atoms with Gasteiger partial charge in [0.25, 0.3) is 0 Å². The normalized spacial score (nSPS) is 10.1. The zero-order chi connectivity index (χ0) is 8.43. The van der Waals surface area contributed by atoms with Gasteiger partial charge in [-0.1, -0.05) is 30.1 Å². The van der Waals surface area contributed by atoms with E-state index < -0.39 is 0 Å². The largest absolute Gasteiger partial charge is 0.508 e. The van der Waals surface area contributed by atoms with Crippen LogP contribution >= 0.6 is 23.2 Å². The molecule has 0 aliphatic rings. The summed E-state index contributed by atoms with van der Waals surface area (Å²) in [7, 11) is 0. The summed E-state index contributed by atoms with van der Waals surface area (Å²) in [6, 6.07) is 3.13. The molecule has 0 fully saturated rings. The fourth-order valence-electron chi connectivity index (χ4n) is 0.919. The molecular weight excluding hydrogens is 183 g/mol. The molecule has 0 aliphatic carbocycles. The molecule has 3 heteroatoms. The molecule has 0 aliphatic heterocycles. The summed E-state index contributed by atoms with van der Waals surface area (Å²) in [4.78, 5) is 0. The van der Waals surface area contributed by atoms with Crippen LogP contribution in [0.1, 0.15) is 12.5 Å². The van der Waals surface area contributed by atoms with E-state index in [2.05, 4.69) is 0 Å². The quantitative estimate of drug-likeness (QED) is 0.722. The highest BCUT2D eigenvalue weighted by molar-refractivity contribution is 6.42. The molecule has 0 heterocycles. The Hall–Kier alpha value is -0.400. The van der Waals surface area contributed by atoms with Crippen LogP contribution in [-0.4, -0.2) is 5.11 Å². The van der Waals surface area contributed by atoms with E-state index in [1.54, 1.807) is 12.1 Å². The summed E-state index contributed by atoms with van der Waals surface area (Å²) in [6.07, 6.45) is 0.686. The van der Waals surface area contributed by atoms with Gasteiger partial charge in [0.15, 0.2) is 0 Å². The molecule has 1 aromatic rings. The van der Waals surface area contributed by atoms with Gasteiger partial charge in [-0.2, -0.15) is 0 Å². The summed E-state index contributed by atoms with van der Waals surface area (Å²) in [5, 5.41) is 10.2. The maximum absolute atomic E-state index is 9.27. The van der Waals surface area contributed by atoms with Gasteiger partial charge in [-0.05, 0) is 18.6 Å². The lowest BCUT2D eigenvalue weighted by Gasteiger charge is -2.04. The summed E-state index contributed by atoms with van der Waals surface area (Å²) in [5.74, 6) is 0.210. The highest BCUT2D eigenvalue weighted by Gasteiger charge is 2.06. The Morgan fingerprint density at radius 3 is 2.45 bits per heavy atom. The second kappa shape index (κ2) is 3.33. The second-order valence-electron chi connectivity index (χ2n) is 2.21. The van der Waals surface area contributed by atoms with Crippen molar-refractivity contribution in [2.24, 2.45) is 0 Å². The Kier molecular flexibility index (Phi) is 2.63. The van der Waals surface area contributed by atoms with E-state index in [1.807, 2.05) is 6.92 Å². The van der Waals surface area contributed by atoms with Crippen LogP contribution in [0.15, 0.2) is 12.1 Å². The molecule has 0 atom stereocenters. The predicted octanol–water partition coefficient (Wildman–Crippen LogP) is 3.26. The molecule has 0 saturated carbocycles. The van der Waals surface area contributed by atoms with Gasteiger partial charge in [0.2, 0.25) is 0 Å². The first-order chi connectivity index (χ1) is 5.16. The van der Waals surface area contributed by atoms with Gasteiger partial charge in [0.1, 0.15) is 5.75 Å². The highest BCUT2D eigenvalue weighted by atomic mass is 35.5. The number of phenols is 1. The number of halogens is 2. The minimum absolute atomic E-state index is 0.210. The molecule has 1 rings (SSSR count). The van der Waals surface area contributed by atoms with Crippen molar-refractivity contribution in [3.63, 3.8) is 0 Å². The van der Waals surface area contributed by atoms with E-state index in [4.69, 9.17) is 23.2 Å². The maximum atomic E-state index is 9.27. The van der Waals surface area contributed by atoms with Crippen molar-refractivity contribution in [3.05, 3.63) is 27.7 Å². The average molecular weight is 191 g/mol. The second-order valence-corrected chi connectivity index (χ2v) is 3.00. The minimum atomic E-state index is 0.210. The Morgan fingerprint density at radius 2 is 2.00 bits per heavy atom. The molecule has 11 heavy (non-hydrogen) atoms. The van der Waals surface area contributed by atoms with Crippen LogP contribution in [0, 0.1) is 0 Å². The van der Waals surface area contributed by atoms with Gasteiger partial charge in [0, 0.05) is 5.56 Å². The molecule has 1 N–H and O–H groups in total. The van der Waals surface area contributed by atoms with Crippen LogP contribution in [0.2, 0.25) is 10.0 Å². The number of hydrogen-bond donors (Lipinski definition) is 1. The minimum Gasteiger partial charge on any atom is -0.508 e. The number of aromatic hydroxyl groups is 1. The van der Waals surface area contributed by atoms with Crippen molar-refractivity contribution in [2.45, 2.75) is 13.3 Å². The zero-order valence-electron chi connectivity index (χ0n) is 6.06. The number of phenolic OH excluding ortho intramolecular Hbond substituents is 1. The van der Waals surface area contributed by atoms with Crippen molar-refractivity contribution >= 4 is 23.2 Å². The van der Waals surface area contributed by atoms with Crippen molar-refractivity contribution in [2.75, 3.05) is 0 Å². The summed E-state index contributed by atoms with van der Waals surface area (Å²) >= 11 is 11.5. The van der Waals surface area contributed by atoms with Crippen LogP contribution in [-0.2, 0) is 6.42 Å². The SMILES string of the molecule is CCc1c(O)ccc(Cl)c1Cl. The van der Waals surface area contributed by atoms with Gasteiger partial charge in [-0.15, -0.1) is 0 Å². The van der Waals surface area contributed by atoms with Gasteiger partial charge < -0.3 is 5.11 Å². The lowest BCUT2D eigenvalue weighted by Crippen LogP contribution is -1.83. The van der Waals surface area contributed by atoms with E-state index in [1.165, 1.54) is 0 Å². The fraction of sp³-hybridized carbons (Fsp3) is 0.250. The molecule has 0 bridgehead atoms. The third-order valence-corrected chi connectivity index (χ3v) is 2.37.